The molecule has 1 aliphatic rings. The molecule has 1 saturated heterocycles. The van der Waals surface area contributed by atoms with Gasteiger partial charge in [0.05, 0.1) is 11.3 Å². The van der Waals surface area contributed by atoms with E-state index in [9.17, 15) is 18.0 Å². The Bertz CT molecular complexity index is 1030. The Kier molecular flexibility index (Phi) is 6.89. The van der Waals surface area contributed by atoms with Crippen molar-refractivity contribution in [3.05, 3.63) is 59.2 Å². The van der Waals surface area contributed by atoms with Crippen LogP contribution in [0.5, 0.6) is 0 Å². The summed E-state index contributed by atoms with van der Waals surface area (Å²) in [7, 11) is -3.49. The predicted molar refractivity (Wildman–Crippen MR) is 114 cm³/mol. The minimum absolute atomic E-state index is 0.0947. The van der Waals surface area contributed by atoms with Crippen molar-refractivity contribution in [3.8, 4) is 0 Å². The van der Waals surface area contributed by atoms with E-state index in [1.165, 1.54) is 28.6 Å². The largest absolute Gasteiger partial charge is 0.455 e. The third kappa shape index (κ3) is 5.46. The molecule has 0 aromatic heterocycles. The number of rotatable bonds is 7. The first kappa shape index (κ1) is 22.0. The molecule has 2 aromatic rings. The molecule has 1 fully saturated rings. The van der Waals surface area contributed by atoms with Crippen molar-refractivity contribution >= 4 is 27.6 Å². The molecule has 0 radical (unpaired) electrons. The van der Waals surface area contributed by atoms with E-state index in [0.29, 0.717) is 18.8 Å². The summed E-state index contributed by atoms with van der Waals surface area (Å²) in [5.74, 6) is -0.973. The molecule has 160 valence electrons. The maximum Gasteiger partial charge on any atom is 0.310 e. The van der Waals surface area contributed by atoms with Crippen LogP contribution < -0.4 is 5.32 Å². The number of amides is 1. The summed E-state index contributed by atoms with van der Waals surface area (Å²) in [6.07, 6.45) is 1.84. The molecule has 3 rings (SSSR count). The standard InChI is InChI=1S/C22H26N2O5S/c1-16-5-6-18(13-17(16)2)14-22(26)29-15-21(25)23-19-7-9-20(10-8-19)30(27,28)24-11-3-4-12-24/h5-10,13H,3-4,11-12,14-15H2,1-2H3,(H,23,25). The van der Waals surface area contributed by atoms with Gasteiger partial charge in [0.1, 0.15) is 0 Å². The molecule has 7 nitrogen and oxygen atoms in total. The molecule has 1 amide bonds. The third-order valence-electron chi connectivity index (χ3n) is 5.12. The first-order chi connectivity index (χ1) is 14.3. The first-order valence-electron chi connectivity index (χ1n) is 9.87. The van der Waals surface area contributed by atoms with E-state index in [0.717, 1.165) is 29.5 Å². The van der Waals surface area contributed by atoms with Crippen LogP contribution in [-0.4, -0.2) is 44.3 Å². The number of aryl methyl sites for hydroxylation is 2. The van der Waals surface area contributed by atoms with Crippen molar-refractivity contribution in [2.45, 2.75) is 38.0 Å². The average molecular weight is 431 g/mol. The fraction of sp³-hybridized carbons (Fsp3) is 0.364. The van der Waals surface area contributed by atoms with Crippen LogP contribution in [0.1, 0.15) is 29.5 Å². The maximum atomic E-state index is 12.5. The van der Waals surface area contributed by atoms with E-state index in [1.807, 2.05) is 32.0 Å². The van der Waals surface area contributed by atoms with Crippen molar-refractivity contribution in [2.75, 3.05) is 25.0 Å². The lowest BCUT2D eigenvalue weighted by atomic mass is 10.0. The number of esters is 1. The molecule has 1 N–H and O–H groups in total. The maximum absolute atomic E-state index is 12.5. The summed E-state index contributed by atoms with van der Waals surface area (Å²) in [4.78, 5) is 24.2. The lowest BCUT2D eigenvalue weighted by molar-refractivity contribution is -0.146. The van der Waals surface area contributed by atoms with Gasteiger partial charge in [-0.3, -0.25) is 9.59 Å². The number of sulfonamides is 1. The third-order valence-corrected chi connectivity index (χ3v) is 7.04. The predicted octanol–water partition coefficient (Wildman–Crippen LogP) is 2.81. The Morgan fingerprint density at radius 2 is 1.67 bits per heavy atom. The van der Waals surface area contributed by atoms with Crippen molar-refractivity contribution in [1.82, 2.24) is 4.31 Å². The molecule has 2 aromatic carbocycles. The summed E-state index contributed by atoms with van der Waals surface area (Å²) in [5.41, 5.74) is 3.50. The van der Waals surface area contributed by atoms with Gasteiger partial charge in [0, 0.05) is 18.8 Å². The van der Waals surface area contributed by atoms with Crippen molar-refractivity contribution in [3.63, 3.8) is 0 Å². The Labute approximate surface area is 177 Å². The minimum Gasteiger partial charge on any atom is -0.455 e. The number of nitrogens with zero attached hydrogens (tertiary/aromatic N) is 1. The molecule has 0 aliphatic carbocycles. The number of hydrogen-bond acceptors (Lipinski definition) is 5. The SMILES string of the molecule is Cc1ccc(CC(=O)OCC(=O)Nc2ccc(S(=O)(=O)N3CCCC3)cc2)cc1C. The van der Waals surface area contributed by atoms with Crippen molar-refractivity contribution < 1.29 is 22.7 Å². The van der Waals surface area contributed by atoms with Gasteiger partial charge in [-0.2, -0.15) is 4.31 Å². The fourth-order valence-corrected chi connectivity index (χ4v) is 4.78. The van der Waals surface area contributed by atoms with Crippen LogP contribution in [0.2, 0.25) is 0 Å². The molecular formula is C22H26N2O5S. The number of hydrogen-bond donors (Lipinski definition) is 1. The monoisotopic (exact) mass is 430 g/mol. The Morgan fingerprint density at radius 3 is 2.30 bits per heavy atom. The van der Waals surface area contributed by atoms with Crippen molar-refractivity contribution in [2.24, 2.45) is 0 Å². The van der Waals surface area contributed by atoms with Gasteiger partial charge in [-0.1, -0.05) is 18.2 Å². The van der Waals surface area contributed by atoms with E-state index in [-0.39, 0.29) is 11.3 Å². The van der Waals surface area contributed by atoms with Gasteiger partial charge in [-0.25, -0.2) is 8.42 Å². The zero-order chi connectivity index (χ0) is 21.7. The summed E-state index contributed by atoms with van der Waals surface area (Å²) in [6.45, 7) is 4.63. The van der Waals surface area contributed by atoms with E-state index in [2.05, 4.69) is 5.32 Å². The molecule has 0 spiro atoms. The van der Waals surface area contributed by atoms with E-state index in [4.69, 9.17) is 4.74 Å². The first-order valence-corrected chi connectivity index (χ1v) is 11.3. The highest BCUT2D eigenvalue weighted by atomic mass is 32.2. The van der Waals surface area contributed by atoms with Gasteiger partial charge in [-0.15, -0.1) is 0 Å². The van der Waals surface area contributed by atoms with Gasteiger partial charge in [0.25, 0.3) is 5.91 Å². The molecule has 1 heterocycles. The second kappa shape index (κ2) is 9.40. The van der Waals surface area contributed by atoms with Gasteiger partial charge in [0.2, 0.25) is 10.0 Å². The van der Waals surface area contributed by atoms with Crippen LogP contribution in [0.4, 0.5) is 5.69 Å². The zero-order valence-corrected chi connectivity index (χ0v) is 18.0. The van der Waals surface area contributed by atoms with Crippen LogP contribution in [0.15, 0.2) is 47.4 Å². The summed E-state index contributed by atoms with van der Waals surface area (Å²) in [5, 5.41) is 2.60. The molecule has 30 heavy (non-hydrogen) atoms. The highest BCUT2D eigenvalue weighted by molar-refractivity contribution is 7.89. The lowest BCUT2D eigenvalue weighted by Gasteiger charge is -2.15. The minimum atomic E-state index is -3.49. The normalized spacial score (nSPS) is 14.5. The highest BCUT2D eigenvalue weighted by Gasteiger charge is 2.26. The molecule has 1 aliphatic heterocycles. The van der Waals surface area contributed by atoms with Crippen LogP contribution >= 0.6 is 0 Å². The molecule has 0 unspecified atom stereocenters. The average Bonchev–Trinajstić information content (AvgIpc) is 3.25. The molecule has 8 heteroatoms. The molecule has 0 bridgehead atoms. The highest BCUT2D eigenvalue weighted by Crippen LogP contribution is 2.22. The van der Waals surface area contributed by atoms with E-state index < -0.39 is 28.5 Å². The van der Waals surface area contributed by atoms with Gasteiger partial charge in [-0.05, 0) is 67.6 Å². The Hall–Kier alpha value is -2.71. The number of benzene rings is 2. The smallest absolute Gasteiger partial charge is 0.310 e. The van der Waals surface area contributed by atoms with Gasteiger partial charge in [0.15, 0.2) is 6.61 Å². The van der Waals surface area contributed by atoms with E-state index >= 15 is 0 Å². The summed E-state index contributed by atoms with van der Waals surface area (Å²) < 4.78 is 31.5. The number of carbonyl (C=O) groups excluding carboxylic acids is 2. The number of nitrogens with one attached hydrogen (secondary N) is 1. The summed E-state index contributed by atoms with van der Waals surface area (Å²) >= 11 is 0. The molecule has 0 saturated carbocycles. The quantitative estimate of drug-likeness (QED) is 0.682. The number of anilines is 1. The molecule has 0 atom stereocenters. The number of carbonyl (C=O) groups is 2. The topological polar surface area (TPSA) is 92.8 Å². The zero-order valence-electron chi connectivity index (χ0n) is 17.2. The van der Waals surface area contributed by atoms with Crippen molar-refractivity contribution in [1.29, 1.82) is 0 Å². The number of ether oxygens (including phenoxy) is 1. The second-order valence-electron chi connectivity index (χ2n) is 7.44. The Morgan fingerprint density at radius 1 is 1.00 bits per heavy atom. The molecular weight excluding hydrogens is 404 g/mol. The van der Waals surface area contributed by atoms with Crippen LogP contribution in [0, 0.1) is 13.8 Å². The van der Waals surface area contributed by atoms with Gasteiger partial charge < -0.3 is 10.1 Å². The second-order valence-corrected chi connectivity index (χ2v) is 9.38. The van der Waals surface area contributed by atoms with Crippen LogP contribution in [0.25, 0.3) is 0 Å². The summed E-state index contributed by atoms with van der Waals surface area (Å²) in [6, 6.07) is 11.7. The Balaban J connectivity index is 1.49. The van der Waals surface area contributed by atoms with Gasteiger partial charge >= 0.3 is 5.97 Å². The van der Waals surface area contributed by atoms with Crippen LogP contribution in [0.3, 0.4) is 0 Å². The lowest BCUT2D eigenvalue weighted by Crippen LogP contribution is -2.27. The van der Waals surface area contributed by atoms with Crippen LogP contribution in [-0.2, 0) is 30.8 Å². The van der Waals surface area contributed by atoms with E-state index in [1.54, 1.807) is 0 Å². The fourth-order valence-electron chi connectivity index (χ4n) is 3.26.